The molecule has 3 N–H and O–H groups in total. The first-order valence-corrected chi connectivity index (χ1v) is 11.2. The third kappa shape index (κ3) is 4.97. The summed E-state index contributed by atoms with van der Waals surface area (Å²) < 4.78 is 1.86. The molecule has 1 fully saturated rings. The zero-order chi connectivity index (χ0) is 22.7. The normalized spacial score (nSPS) is 16.7. The number of pyridine rings is 1. The summed E-state index contributed by atoms with van der Waals surface area (Å²) in [5, 5.41) is 11.8. The van der Waals surface area contributed by atoms with Crippen LogP contribution in [0.2, 0.25) is 0 Å². The van der Waals surface area contributed by atoms with Gasteiger partial charge >= 0.3 is 0 Å². The fourth-order valence-corrected chi connectivity index (χ4v) is 4.42. The predicted molar refractivity (Wildman–Crippen MR) is 122 cm³/mol. The van der Waals surface area contributed by atoms with Crippen LogP contribution >= 0.6 is 11.8 Å². The van der Waals surface area contributed by atoms with E-state index in [0.717, 1.165) is 17.1 Å². The average Bonchev–Trinajstić information content (AvgIpc) is 3.41. The zero-order valence-corrected chi connectivity index (χ0v) is 18.7. The fraction of sp³-hybridized carbons (Fsp3) is 0.318. The summed E-state index contributed by atoms with van der Waals surface area (Å²) in [5.41, 5.74) is 8.22. The Balaban J connectivity index is 1.44. The van der Waals surface area contributed by atoms with Crippen molar-refractivity contribution >= 4 is 29.3 Å². The van der Waals surface area contributed by atoms with Crippen LogP contribution in [0.25, 0.3) is 0 Å². The Kier molecular flexibility index (Phi) is 6.52. The minimum Gasteiger partial charge on any atom is -0.337 e. The Labute approximate surface area is 190 Å². The molecule has 0 spiro atoms. The number of aryl methyl sites for hydroxylation is 1. The molecule has 4 rings (SSSR count). The molecule has 3 heterocycles. The molecule has 0 aliphatic carbocycles. The highest BCUT2D eigenvalue weighted by atomic mass is 32.2. The van der Waals surface area contributed by atoms with E-state index in [1.165, 1.54) is 12.3 Å². The molecule has 1 aliphatic heterocycles. The Morgan fingerprint density at radius 1 is 1.28 bits per heavy atom. The van der Waals surface area contributed by atoms with Gasteiger partial charge < -0.3 is 20.5 Å². The number of carbonyl (C=O) groups is 2. The predicted octanol–water partition coefficient (Wildman–Crippen LogP) is 2.49. The zero-order valence-electron chi connectivity index (χ0n) is 17.9. The number of benzene rings is 1. The maximum absolute atomic E-state index is 12.8. The maximum Gasteiger partial charge on any atom is 0.274 e. The van der Waals surface area contributed by atoms with Crippen molar-refractivity contribution in [2.75, 3.05) is 18.4 Å². The van der Waals surface area contributed by atoms with E-state index in [2.05, 4.69) is 27.4 Å². The van der Waals surface area contributed by atoms with Gasteiger partial charge in [0.15, 0.2) is 5.16 Å². The van der Waals surface area contributed by atoms with Gasteiger partial charge in [-0.25, -0.2) is 0 Å². The van der Waals surface area contributed by atoms with E-state index in [9.17, 15) is 9.59 Å². The second-order valence-electron chi connectivity index (χ2n) is 7.79. The van der Waals surface area contributed by atoms with Gasteiger partial charge in [0.1, 0.15) is 12.0 Å². The minimum absolute atomic E-state index is 0.00468. The number of anilines is 1. The van der Waals surface area contributed by atoms with Crippen LogP contribution < -0.4 is 11.1 Å². The highest BCUT2D eigenvalue weighted by Crippen LogP contribution is 2.34. The van der Waals surface area contributed by atoms with Gasteiger partial charge in [0, 0.05) is 48.9 Å². The van der Waals surface area contributed by atoms with Gasteiger partial charge in [-0.1, -0.05) is 23.9 Å². The van der Waals surface area contributed by atoms with Crippen molar-refractivity contribution in [1.29, 1.82) is 0 Å². The average molecular weight is 452 g/mol. The number of hydrogen-bond acceptors (Lipinski definition) is 7. The summed E-state index contributed by atoms with van der Waals surface area (Å²) in [7, 11) is 1.90. The van der Waals surface area contributed by atoms with Crippen LogP contribution in [0.4, 0.5) is 5.69 Å². The molecule has 3 aromatic rings. The number of likely N-dealkylation sites (tertiary alicyclic amines) is 1. The molecule has 32 heavy (non-hydrogen) atoms. The molecule has 166 valence electrons. The lowest BCUT2D eigenvalue weighted by Crippen LogP contribution is -2.32. The lowest BCUT2D eigenvalue weighted by atomic mass is 10.1. The second kappa shape index (κ2) is 9.49. The van der Waals surface area contributed by atoms with E-state index in [1.54, 1.807) is 29.1 Å². The first-order valence-electron chi connectivity index (χ1n) is 10.3. The molecule has 0 saturated carbocycles. The summed E-state index contributed by atoms with van der Waals surface area (Å²) in [4.78, 5) is 31.4. The van der Waals surface area contributed by atoms with E-state index >= 15 is 0 Å². The summed E-state index contributed by atoms with van der Waals surface area (Å²) in [6, 6.07) is 10.8. The smallest absolute Gasteiger partial charge is 0.274 e. The molecule has 2 atom stereocenters. The van der Waals surface area contributed by atoms with Crippen molar-refractivity contribution in [3.63, 3.8) is 0 Å². The van der Waals surface area contributed by atoms with Crippen LogP contribution in [0.5, 0.6) is 0 Å². The van der Waals surface area contributed by atoms with E-state index in [1.807, 2.05) is 35.9 Å². The topological polar surface area (TPSA) is 119 Å². The monoisotopic (exact) mass is 451 g/mol. The number of aromatic nitrogens is 4. The highest BCUT2D eigenvalue weighted by Gasteiger charge is 2.25. The quantitative estimate of drug-likeness (QED) is 0.553. The molecule has 9 nitrogen and oxygen atoms in total. The van der Waals surface area contributed by atoms with Crippen molar-refractivity contribution in [2.24, 2.45) is 12.8 Å². The van der Waals surface area contributed by atoms with Gasteiger partial charge in [-0.05, 0) is 43.2 Å². The molecule has 2 aromatic heterocycles. The number of nitrogens with zero attached hydrogens (tertiary/aromatic N) is 5. The Morgan fingerprint density at radius 3 is 2.84 bits per heavy atom. The number of thioether (sulfide) groups is 1. The Morgan fingerprint density at radius 2 is 2.12 bits per heavy atom. The maximum atomic E-state index is 12.8. The Bertz CT molecular complexity index is 1130. The summed E-state index contributed by atoms with van der Waals surface area (Å²) in [6.07, 6.45) is 3.93. The van der Waals surface area contributed by atoms with Crippen LogP contribution in [-0.4, -0.2) is 55.6 Å². The number of hydrogen-bond donors (Lipinski definition) is 2. The van der Waals surface area contributed by atoms with Crippen LogP contribution in [0, 0.1) is 0 Å². The lowest BCUT2D eigenvalue weighted by Gasteiger charge is -2.16. The first kappa shape index (κ1) is 22.0. The van der Waals surface area contributed by atoms with E-state index in [-0.39, 0.29) is 28.8 Å². The largest absolute Gasteiger partial charge is 0.337 e. The first-order chi connectivity index (χ1) is 15.4. The van der Waals surface area contributed by atoms with Crippen molar-refractivity contribution in [3.05, 3.63) is 65.7 Å². The number of nitrogens with two attached hydrogens (primary N) is 1. The van der Waals surface area contributed by atoms with Crippen LogP contribution in [-0.2, 0) is 7.05 Å². The van der Waals surface area contributed by atoms with E-state index in [4.69, 9.17) is 5.73 Å². The van der Waals surface area contributed by atoms with E-state index < -0.39 is 0 Å². The van der Waals surface area contributed by atoms with Crippen molar-refractivity contribution < 1.29 is 9.59 Å². The molecular formula is C22H25N7O2S. The van der Waals surface area contributed by atoms with Crippen molar-refractivity contribution in [2.45, 2.75) is 29.8 Å². The molecule has 2 amide bonds. The lowest BCUT2D eigenvalue weighted by molar-refractivity contribution is 0.0790. The molecular weight excluding hydrogens is 426 g/mol. The molecule has 1 aromatic carbocycles. The van der Waals surface area contributed by atoms with Gasteiger partial charge in [-0.3, -0.25) is 14.6 Å². The van der Waals surface area contributed by atoms with Gasteiger partial charge in [0.2, 0.25) is 0 Å². The van der Waals surface area contributed by atoms with E-state index in [0.29, 0.717) is 24.3 Å². The molecule has 0 bridgehead atoms. The minimum atomic E-state index is -0.372. The SMILES string of the molecule is C[C@H](Sc1nncn1C)c1cccc(NC(=O)c2cc(C(=O)N3CC[C@@H](N)C3)ccn2)c1. The number of rotatable bonds is 6. The van der Waals surface area contributed by atoms with Crippen LogP contribution in [0.15, 0.2) is 54.1 Å². The summed E-state index contributed by atoms with van der Waals surface area (Å²) in [5.74, 6) is -0.505. The summed E-state index contributed by atoms with van der Waals surface area (Å²) in [6.45, 7) is 3.22. The van der Waals surface area contributed by atoms with Crippen LogP contribution in [0.3, 0.4) is 0 Å². The highest BCUT2D eigenvalue weighted by molar-refractivity contribution is 7.99. The molecule has 0 radical (unpaired) electrons. The molecule has 1 aliphatic rings. The second-order valence-corrected chi connectivity index (χ2v) is 9.10. The molecule has 1 saturated heterocycles. The fourth-order valence-electron chi connectivity index (χ4n) is 3.51. The van der Waals surface area contributed by atoms with Gasteiger partial charge in [0.05, 0.1) is 0 Å². The third-order valence-electron chi connectivity index (χ3n) is 5.32. The number of nitrogens with one attached hydrogen (secondary N) is 1. The number of carbonyl (C=O) groups excluding carboxylic acids is 2. The number of amides is 2. The van der Waals surface area contributed by atoms with Crippen LogP contribution in [0.1, 0.15) is 45.0 Å². The third-order valence-corrected chi connectivity index (χ3v) is 6.52. The van der Waals surface area contributed by atoms with Crippen molar-refractivity contribution in [1.82, 2.24) is 24.6 Å². The molecule has 10 heteroatoms. The summed E-state index contributed by atoms with van der Waals surface area (Å²) >= 11 is 1.58. The molecule has 0 unspecified atom stereocenters. The van der Waals surface area contributed by atoms with Gasteiger partial charge in [-0.15, -0.1) is 10.2 Å². The van der Waals surface area contributed by atoms with Gasteiger partial charge in [0.25, 0.3) is 11.8 Å². The standard InChI is InChI=1S/C22H25N7O2S/c1-14(32-22-27-25-13-28(22)2)15-4-3-5-18(10-15)26-20(30)19-11-16(6-8-24-19)21(31)29-9-7-17(23)12-29/h3-6,8,10-11,13-14,17H,7,9,12,23H2,1-2H3,(H,26,30)/t14-,17+/m0/s1. The Hall–Kier alpha value is -3.24. The van der Waals surface area contributed by atoms with Crippen molar-refractivity contribution in [3.8, 4) is 0 Å². The van der Waals surface area contributed by atoms with Gasteiger partial charge in [-0.2, -0.15) is 0 Å².